The number of quaternary nitrogens is 1. The number of hydrogen-bond acceptors (Lipinski definition) is 2. The minimum Gasteiger partial charge on any atom is -0.393 e. The molecule has 1 fully saturated rings. The highest BCUT2D eigenvalue weighted by atomic mass is 16.5. The van der Waals surface area contributed by atoms with Crippen LogP contribution in [0.25, 0.3) is 0 Å². The van der Waals surface area contributed by atoms with Crippen molar-refractivity contribution in [2.45, 2.75) is 6.10 Å². The Hall–Kier alpha value is -0.120. The van der Waals surface area contributed by atoms with Gasteiger partial charge >= 0.3 is 0 Å². The summed E-state index contributed by atoms with van der Waals surface area (Å²) < 4.78 is 6.26. The molecule has 0 spiro atoms. The zero-order chi connectivity index (χ0) is 7.61. The highest BCUT2D eigenvalue weighted by molar-refractivity contribution is 4.58. The van der Waals surface area contributed by atoms with E-state index in [2.05, 4.69) is 14.1 Å². The van der Waals surface area contributed by atoms with Gasteiger partial charge in [0, 0.05) is 0 Å². The minimum absolute atomic E-state index is 0.0590. The molecule has 60 valence electrons. The van der Waals surface area contributed by atoms with Crippen LogP contribution in [0.15, 0.2) is 0 Å². The standard InChI is InChI=1S/C7H16NO2/c1-8(2)3-4-10-7(5-8)6-9/h7,9H,3-6H2,1-2H3/q+1. The van der Waals surface area contributed by atoms with Gasteiger partial charge in [-0.25, -0.2) is 0 Å². The van der Waals surface area contributed by atoms with Gasteiger partial charge in [0.15, 0.2) is 0 Å². The lowest BCUT2D eigenvalue weighted by molar-refractivity contribution is -0.901. The molecule has 1 aliphatic rings. The van der Waals surface area contributed by atoms with E-state index in [0.717, 1.165) is 24.2 Å². The molecule has 1 unspecified atom stereocenters. The van der Waals surface area contributed by atoms with Gasteiger partial charge in [0.05, 0.1) is 27.3 Å². The Kier molecular flexibility index (Phi) is 2.28. The van der Waals surface area contributed by atoms with Gasteiger partial charge in [-0.1, -0.05) is 0 Å². The number of morpholine rings is 1. The highest BCUT2D eigenvalue weighted by Crippen LogP contribution is 2.08. The van der Waals surface area contributed by atoms with Gasteiger partial charge in [-0.2, -0.15) is 0 Å². The molecule has 0 aromatic heterocycles. The van der Waals surface area contributed by atoms with E-state index in [4.69, 9.17) is 9.84 Å². The fourth-order valence-electron chi connectivity index (χ4n) is 1.27. The molecule has 1 heterocycles. The quantitative estimate of drug-likeness (QED) is 0.503. The van der Waals surface area contributed by atoms with E-state index in [1.165, 1.54) is 0 Å². The lowest BCUT2D eigenvalue weighted by Crippen LogP contribution is -2.53. The molecule has 0 saturated carbocycles. The number of likely N-dealkylation sites (N-methyl/N-ethyl adjacent to an activating group) is 1. The third kappa shape index (κ3) is 1.94. The van der Waals surface area contributed by atoms with Crippen molar-refractivity contribution in [2.75, 3.05) is 40.4 Å². The van der Waals surface area contributed by atoms with Crippen LogP contribution in [0.4, 0.5) is 0 Å². The summed E-state index contributed by atoms with van der Waals surface area (Å²) in [6, 6.07) is 0. The fourth-order valence-corrected chi connectivity index (χ4v) is 1.27. The minimum atomic E-state index is 0.0590. The van der Waals surface area contributed by atoms with Gasteiger partial charge in [0.2, 0.25) is 0 Å². The number of rotatable bonds is 1. The SMILES string of the molecule is C[N+]1(C)CCOC(CO)C1. The largest absolute Gasteiger partial charge is 0.393 e. The summed E-state index contributed by atoms with van der Waals surface area (Å²) in [5.41, 5.74) is 0. The number of aliphatic hydroxyl groups is 1. The third-order valence-corrected chi connectivity index (χ3v) is 1.95. The monoisotopic (exact) mass is 146 g/mol. The van der Waals surface area contributed by atoms with Crippen molar-refractivity contribution in [3.05, 3.63) is 0 Å². The van der Waals surface area contributed by atoms with Gasteiger partial charge in [0.25, 0.3) is 0 Å². The molecule has 1 N–H and O–H groups in total. The first-order valence-corrected chi connectivity index (χ1v) is 3.68. The van der Waals surface area contributed by atoms with Crippen LogP contribution in [0, 0.1) is 0 Å². The number of hydrogen-bond donors (Lipinski definition) is 1. The van der Waals surface area contributed by atoms with Crippen molar-refractivity contribution < 1.29 is 14.3 Å². The smallest absolute Gasteiger partial charge is 0.130 e. The van der Waals surface area contributed by atoms with Crippen LogP contribution in [-0.2, 0) is 4.74 Å². The van der Waals surface area contributed by atoms with Gasteiger partial charge in [-0.15, -0.1) is 0 Å². The van der Waals surface area contributed by atoms with E-state index >= 15 is 0 Å². The zero-order valence-electron chi connectivity index (χ0n) is 6.71. The van der Waals surface area contributed by atoms with Gasteiger partial charge in [-0.3, -0.25) is 0 Å². The summed E-state index contributed by atoms with van der Waals surface area (Å²) in [5.74, 6) is 0. The predicted octanol–water partition coefficient (Wildman–Crippen LogP) is -0.546. The van der Waals surface area contributed by atoms with Crippen molar-refractivity contribution in [3.63, 3.8) is 0 Å². The summed E-state index contributed by atoms with van der Waals surface area (Å²) in [4.78, 5) is 0. The lowest BCUT2D eigenvalue weighted by Gasteiger charge is -2.37. The molecule has 3 nitrogen and oxygen atoms in total. The van der Waals surface area contributed by atoms with Crippen LogP contribution >= 0.6 is 0 Å². The van der Waals surface area contributed by atoms with Crippen molar-refractivity contribution in [3.8, 4) is 0 Å². The second kappa shape index (κ2) is 2.86. The molecule has 10 heavy (non-hydrogen) atoms. The van der Waals surface area contributed by atoms with E-state index in [-0.39, 0.29) is 12.7 Å². The predicted molar refractivity (Wildman–Crippen MR) is 38.7 cm³/mol. The average molecular weight is 146 g/mol. The molecule has 0 radical (unpaired) electrons. The van der Waals surface area contributed by atoms with Crippen LogP contribution in [0.2, 0.25) is 0 Å². The maximum atomic E-state index is 8.79. The molecule has 0 aromatic rings. The summed E-state index contributed by atoms with van der Waals surface area (Å²) in [6.45, 7) is 2.91. The first kappa shape index (κ1) is 7.98. The average Bonchev–Trinajstić information content (AvgIpc) is 1.86. The van der Waals surface area contributed by atoms with Crippen LogP contribution in [0.1, 0.15) is 0 Å². The van der Waals surface area contributed by atoms with Crippen LogP contribution < -0.4 is 0 Å². The van der Waals surface area contributed by atoms with E-state index in [9.17, 15) is 0 Å². The molecule has 1 rings (SSSR count). The first-order valence-electron chi connectivity index (χ1n) is 3.68. The number of ether oxygens (including phenoxy) is 1. The molecular formula is C7H16NO2+. The van der Waals surface area contributed by atoms with Gasteiger partial charge < -0.3 is 14.3 Å². The molecule has 1 aliphatic heterocycles. The summed E-state index contributed by atoms with van der Waals surface area (Å²) in [7, 11) is 4.32. The molecule has 0 aliphatic carbocycles. The van der Waals surface area contributed by atoms with E-state index in [0.29, 0.717) is 0 Å². The molecule has 0 aromatic carbocycles. The Balaban J connectivity index is 2.40. The van der Waals surface area contributed by atoms with Crippen molar-refractivity contribution in [2.24, 2.45) is 0 Å². The van der Waals surface area contributed by atoms with Crippen molar-refractivity contribution in [1.82, 2.24) is 0 Å². The van der Waals surface area contributed by atoms with E-state index in [1.54, 1.807) is 0 Å². The first-order chi connectivity index (χ1) is 4.64. The van der Waals surface area contributed by atoms with E-state index < -0.39 is 0 Å². The number of nitrogens with zero attached hydrogens (tertiary/aromatic N) is 1. The highest BCUT2D eigenvalue weighted by Gasteiger charge is 2.26. The molecule has 0 bridgehead atoms. The maximum absolute atomic E-state index is 8.79. The fraction of sp³-hybridized carbons (Fsp3) is 1.00. The van der Waals surface area contributed by atoms with Crippen LogP contribution in [0.3, 0.4) is 0 Å². The Labute approximate surface area is 61.8 Å². The molecular weight excluding hydrogens is 130 g/mol. The molecule has 1 atom stereocenters. The zero-order valence-corrected chi connectivity index (χ0v) is 6.71. The maximum Gasteiger partial charge on any atom is 0.130 e. The normalized spacial score (nSPS) is 32.1. The second-order valence-corrected chi connectivity index (χ2v) is 3.52. The van der Waals surface area contributed by atoms with Crippen molar-refractivity contribution >= 4 is 0 Å². The molecule has 3 heteroatoms. The Morgan fingerprint density at radius 2 is 2.30 bits per heavy atom. The van der Waals surface area contributed by atoms with E-state index in [1.807, 2.05) is 0 Å². The van der Waals surface area contributed by atoms with Gasteiger partial charge in [0.1, 0.15) is 19.2 Å². The Bertz CT molecular complexity index is 114. The summed E-state index contributed by atoms with van der Waals surface area (Å²) >= 11 is 0. The lowest BCUT2D eigenvalue weighted by atomic mass is 10.2. The summed E-state index contributed by atoms with van der Waals surface area (Å²) in [5, 5.41) is 8.79. The molecule has 1 saturated heterocycles. The second-order valence-electron chi connectivity index (χ2n) is 3.52. The van der Waals surface area contributed by atoms with Crippen LogP contribution in [-0.4, -0.2) is 56.1 Å². The number of aliphatic hydroxyl groups excluding tert-OH is 1. The third-order valence-electron chi connectivity index (χ3n) is 1.95. The topological polar surface area (TPSA) is 29.5 Å². The Morgan fingerprint density at radius 1 is 1.60 bits per heavy atom. The molecule has 0 amide bonds. The van der Waals surface area contributed by atoms with Crippen molar-refractivity contribution in [1.29, 1.82) is 0 Å². The van der Waals surface area contributed by atoms with Gasteiger partial charge in [-0.05, 0) is 0 Å². The summed E-state index contributed by atoms with van der Waals surface area (Å²) in [6.07, 6.45) is 0.0590. The Morgan fingerprint density at radius 3 is 2.70 bits per heavy atom. The van der Waals surface area contributed by atoms with Crippen LogP contribution in [0.5, 0.6) is 0 Å².